The van der Waals surface area contributed by atoms with Crippen LogP contribution in [0.5, 0.6) is 0 Å². The van der Waals surface area contributed by atoms with Crippen LogP contribution in [-0.4, -0.2) is 31.1 Å². The van der Waals surface area contributed by atoms with Crippen molar-refractivity contribution in [3.05, 3.63) is 21.6 Å². The Morgan fingerprint density at radius 1 is 1.24 bits per heavy atom. The van der Waals surface area contributed by atoms with E-state index in [9.17, 15) is 4.79 Å². The average Bonchev–Trinajstić information content (AvgIpc) is 2.63. The molecule has 1 aliphatic heterocycles. The van der Waals surface area contributed by atoms with Crippen molar-refractivity contribution < 1.29 is 0 Å². The molecule has 0 amide bonds. The predicted molar refractivity (Wildman–Crippen MR) is 82.7 cm³/mol. The van der Waals surface area contributed by atoms with E-state index >= 15 is 0 Å². The number of hydrogen-bond donors (Lipinski definition) is 2. The van der Waals surface area contributed by atoms with E-state index in [1.165, 1.54) is 0 Å². The molecule has 3 rings (SSSR count). The van der Waals surface area contributed by atoms with E-state index in [4.69, 9.17) is 11.6 Å². The van der Waals surface area contributed by atoms with Gasteiger partial charge in [-0.2, -0.15) is 0 Å². The molecule has 2 aromatic rings. The molecule has 2 aromatic heterocycles. The first kappa shape index (κ1) is 14.5. The largest absolute Gasteiger partial charge is 0.307 e. The van der Waals surface area contributed by atoms with E-state index in [0.29, 0.717) is 11.0 Å². The van der Waals surface area contributed by atoms with Gasteiger partial charge in [0, 0.05) is 11.1 Å². The summed E-state index contributed by atoms with van der Waals surface area (Å²) in [5.74, 6) is 0. The van der Waals surface area contributed by atoms with Crippen LogP contribution >= 0.6 is 11.6 Å². The van der Waals surface area contributed by atoms with Crippen LogP contribution in [-0.2, 0) is 0 Å². The molecule has 7 heteroatoms. The van der Waals surface area contributed by atoms with Crippen LogP contribution in [0.2, 0.25) is 5.15 Å². The fraction of sp³-hybridized carbons (Fsp3) is 0.643. The Bertz CT molecular complexity index is 729. The smallest absolute Gasteiger partial charge is 0.276 e. The summed E-state index contributed by atoms with van der Waals surface area (Å²) in [6.45, 7) is 8.63. The van der Waals surface area contributed by atoms with Gasteiger partial charge in [-0.05, 0) is 46.6 Å². The zero-order valence-corrected chi connectivity index (χ0v) is 13.5. The van der Waals surface area contributed by atoms with E-state index in [1.807, 2.05) is 0 Å². The number of fused-ring (bicyclic) bond motifs is 1. The van der Waals surface area contributed by atoms with Gasteiger partial charge in [0.25, 0.3) is 5.56 Å². The lowest BCUT2D eigenvalue weighted by Crippen LogP contribution is -2.58. The summed E-state index contributed by atoms with van der Waals surface area (Å²) in [5.41, 5.74) is 0.331. The van der Waals surface area contributed by atoms with Gasteiger partial charge in [-0.3, -0.25) is 9.89 Å². The second-order valence-corrected chi connectivity index (χ2v) is 7.56. The van der Waals surface area contributed by atoms with Gasteiger partial charge in [0.15, 0.2) is 10.8 Å². The highest BCUT2D eigenvalue weighted by atomic mass is 35.5. The van der Waals surface area contributed by atoms with E-state index in [0.717, 1.165) is 12.8 Å². The van der Waals surface area contributed by atoms with E-state index in [2.05, 4.69) is 48.3 Å². The number of aromatic nitrogens is 4. The third-order valence-corrected chi connectivity index (χ3v) is 4.16. The Hall–Kier alpha value is -1.40. The molecule has 114 valence electrons. The number of hydrogen-bond acceptors (Lipinski definition) is 4. The predicted octanol–water partition coefficient (Wildman–Crippen LogP) is 2.25. The van der Waals surface area contributed by atoms with E-state index in [1.54, 1.807) is 10.7 Å². The molecule has 3 heterocycles. The molecule has 0 bridgehead atoms. The first-order valence-corrected chi connectivity index (χ1v) is 7.47. The van der Waals surface area contributed by atoms with Gasteiger partial charge in [0.1, 0.15) is 0 Å². The minimum absolute atomic E-state index is 0.0352. The van der Waals surface area contributed by atoms with Crippen LogP contribution in [0.4, 0.5) is 0 Å². The van der Waals surface area contributed by atoms with Crippen LogP contribution in [0, 0.1) is 0 Å². The Morgan fingerprint density at radius 2 is 1.86 bits per heavy atom. The van der Waals surface area contributed by atoms with Crippen molar-refractivity contribution in [2.75, 3.05) is 0 Å². The van der Waals surface area contributed by atoms with Crippen LogP contribution in [0.25, 0.3) is 11.0 Å². The minimum atomic E-state index is -0.0831. The maximum Gasteiger partial charge on any atom is 0.276 e. The third-order valence-electron chi connectivity index (χ3n) is 3.97. The number of H-pyrrole nitrogens is 1. The summed E-state index contributed by atoms with van der Waals surface area (Å²) in [7, 11) is 0. The highest BCUT2D eigenvalue weighted by Gasteiger charge is 2.39. The Balaban J connectivity index is 2.08. The molecule has 0 aliphatic carbocycles. The third kappa shape index (κ3) is 2.70. The number of rotatable bonds is 1. The van der Waals surface area contributed by atoms with Crippen LogP contribution in [0.15, 0.2) is 10.9 Å². The van der Waals surface area contributed by atoms with Crippen molar-refractivity contribution in [3.63, 3.8) is 0 Å². The molecule has 0 radical (unpaired) electrons. The molecule has 6 nitrogen and oxygen atoms in total. The topological polar surface area (TPSA) is 75.6 Å². The zero-order chi connectivity index (χ0) is 15.4. The van der Waals surface area contributed by atoms with Gasteiger partial charge in [-0.1, -0.05) is 11.6 Å². The number of halogens is 1. The molecule has 0 spiro atoms. The fourth-order valence-electron chi connectivity index (χ4n) is 3.62. The van der Waals surface area contributed by atoms with Gasteiger partial charge in [-0.15, -0.1) is 10.2 Å². The maximum atomic E-state index is 12.6. The number of nitrogens with zero attached hydrogens (tertiary/aromatic N) is 3. The van der Waals surface area contributed by atoms with Crippen LogP contribution in [0.3, 0.4) is 0 Å². The van der Waals surface area contributed by atoms with Crippen molar-refractivity contribution in [3.8, 4) is 0 Å². The molecule has 1 saturated heterocycles. The van der Waals surface area contributed by atoms with Crippen molar-refractivity contribution >= 4 is 22.6 Å². The summed E-state index contributed by atoms with van der Waals surface area (Å²) < 4.78 is 1.68. The van der Waals surface area contributed by atoms with Gasteiger partial charge in [0.2, 0.25) is 0 Å². The minimum Gasteiger partial charge on any atom is -0.307 e. The molecular formula is C14H20ClN5O. The zero-order valence-electron chi connectivity index (χ0n) is 12.7. The average molecular weight is 310 g/mol. The van der Waals surface area contributed by atoms with E-state index in [-0.39, 0.29) is 27.8 Å². The van der Waals surface area contributed by atoms with Crippen molar-refractivity contribution in [1.82, 2.24) is 25.3 Å². The number of nitrogens with one attached hydrogen (secondary N) is 2. The quantitative estimate of drug-likeness (QED) is 0.847. The summed E-state index contributed by atoms with van der Waals surface area (Å²) in [6, 6.07) is 1.66. The molecule has 0 unspecified atom stereocenters. The highest BCUT2D eigenvalue weighted by Crippen LogP contribution is 2.35. The maximum absolute atomic E-state index is 12.6. The molecule has 0 atom stereocenters. The standard InChI is InChI=1S/C14H20ClN5O/c1-13(2)6-8(7-14(3,4)19-13)20-12(21)9-5-10(15)16-17-11(9)18-20/h5,8,19H,6-7H2,1-4H3,(H,17,18). The summed E-state index contributed by atoms with van der Waals surface area (Å²) >= 11 is 5.83. The molecule has 1 aliphatic rings. The van der Waals surface area contributed by atoms with Gasteiger partial charge in [-0.25, -0.2) is 4.68 Å². The van der Waals surface area contributed by atoms with Crippen LogP contribution in [0.1, 0.15) is 46.6 Å². The molecule has 2 N–H and O–H groups in total. The molecule has 21 heavy (non-hydrogen) atoms. The summed E-state index contributed by atoms with van der Waals surface area (Å²) in [6.07, 6.45) is 1.73. The fourth-order valence-corrected chi connectivity index (χ4v) is 3.76. The monoisotopic (exact) mass is 309 g/mol. The Labute approximate surface area is 127 Å². The first-order valence-electron chi connectivity index (χ1n) is 7.10. The summed E-state index contributed by atoms with van der Waals surface area (Å²) in [4.78, 5) is 12.6. The van der Waals surface area contributed by atoms with Crippen molar-refractivity contribution in [2.24, 2.45) is 0 Å². The van der Waals surface area contributed by atoms with Crippen LogP contribution < -0.4 is 10.9 Å². The van der Waals surface area contributed by atoms with Gasteiger partial charge < -0.3 is 5.32 Å². The lowest BCUT2D eigenvalue weighted by atomic mass is 9.80. The van der Waals surface area contributed by atoms with E-state index < -0.39 is 0 Å². The Kier molecular flexibility index (Phi) is 3.15. The normalized spacial score (nSPS) is 21.8. The number of aromatic amines is 1. The lowest BCUT2D eigenvalue weighted by molar-refractivity contribution is 0.124. The first-order chi connectivity index (χ1) is 9.67. The van der Waals surface area contributed by atoms with Crippen molar-refractivity contribution in [1.29, 1.82) is 0 Å². The molecule has 0 saturated carbocycles. The summed E-state index contributed by atoms with van der Waals surface area (Å²) in [5, 5.41) is 15.2. The van der Waals surface area contributed by atoms with Crippen molar-refractivity contribution in [2.45, 2.75) is 57.7 Å². The van der Waals surface area contributed by atoms with Gasteiger partial charge in [0.05, 0.1) is 11.4 Å². The van der Waals surface area contributed by atoms with Gasteiger partial charge >= 0.3 is 0 Å². The second kappa shape index (κ2) is 4.55. The molecule has 1 fully saturated rings. The number of piperidine rings is 1. The lowest BCUT2D eigenvalue weighted by Gasteiger charge is -2.46. The molecular weight excluding hydrogens is 290 g/mol. The molecule has 0 aromatic carbocycles. The SMILES string of the molecule is CC1(C)CC(n2[nH]c3nnc(Cl)cc3c2=O)CC(C)(C)N1. The Morgan fingerprint density at radius 3 is 2.48 bits per heavy atom. The second-order valence-electron chi connectivity index (χ2n) is 7.17. The highest BCUT2D eigenvalue weighted by molar-refractivity contribution is 6.29.